The average Bonchev–Trinajstić information content (AvgIpc) is 2.84. The highest BCUT2D eigenvalue weighted by Crippen LogP contribution is 2.15. The molecule has 0 saturated carbocycles. The summed E-state index contributed by atoms with van der Waals surface area (Å²) in [6, 6.07) is 25.4. The van der Waals surface area contributed by atoms with Crippen molar-refractivity contribution in [3.05, 3.63) is 118 Å². The van der Waals surface area contributed by atoms with Crippen LogP contribution >= 0.6 is 0 Å². The number of nitrogens with zero attached hydrogens (tertiary/aromatic N) is 3. The van der Waals surface area contributed by atoms with Gasteiger partial charge in [-0.25, -0.2) is 4.98 Å². The molecule has 0 bridgehead atoms. The Morgan fingerprint density at radius 3 is 2.38 bits per heavy atom. The summed E-state index contributed by atoms with van der Waals surface area (Å²) in [6.45, 7) is 0.317. The molecular formula is C25H19N5O2. The first-order chi connectivity index (χ1) is 15.6. The van der Waals surface area contributed by atoms with Gasteiger partial charge in [0.2, 0.25) is 0 Å². The summed E-state index contributed by atoms with van der Waals surface area (Å²) >= 11 is 0. The number of hydrogen-bond donors (Lipinski definition) is 2. The molecule has 0 unspecified atom stereocenters. The molecule has 3 aromatic heterocycles. The van der Waals surface area contributed by atoms with Crippen LogP contribution in [0.4, 0.5) is 0 Å². The van der Waals surface area contributed by atoms with Crippen LogP contribution in [0.25, 0.3) is 22.4 Å². The number of hydrogen-bond acceptors (Lipinski definition) is 4. The van der Waals surface area contributed by atoms with Gasteiger partial charge in [0.25, 0.3) is 11.5 Å². The maximum atomic E-state index is 13.3. The van der Waals surface area contributed by atoms with Crippen molar-refractivity contribution in [1.82, 2.24) is 19.3 Å². The van der Waals surface area contributed by atoms with E-state index in [4.69, 9.17) is 5.41 Å². The van der Waals surface area contributed by atoms with Crippen LogP contribution in [-0.4, -0.2) is 19.9 Å². The molecule has 0 saturated heterocycles. The Balaban J connectivity index is 1.73. The van der Waals surface area contributed by atoms with Gasteiger partial charge >= 0.3 is 0 Å². The van der Waals surface area contributed by atoms with E-state index in [2.05, 4.69) is 10.3 Å². The van der Waals surface area contributed by atoms with Gasteiger partial charge in [-0.15, -0.1) is 0 Å². The zero-order valence-corrected chi connectivity index (χ0v) is 17.0. The maximum absolute atomic E-state index is 13.3. The smallest absolute Gasteiger partial charge is 0.267 e. The standard InChI is InChI=1S/C25H19N5O2/c26-22-19(24(31)27-16-17-9-3-1-4-10-17)15-20-23(30(22)18-11-5-2-6-12-18)28-21-13-7-8-14-29(21)25(20)32/h1-15,26H,16H2,(H,27,31). The van der Waals surface area contributed by atoms with Crippen LogP contribution < -0.4 is 16.4 Å². The molecule has 7 nitrogen and oxygen atoms in total. The predicted octanol–water partition coefficient (Wildman–Crippen LogP) is 3.05. The highest BCUT2D eigenvalue weighted by Gasteiger charge is 2.18. The molecule has 5 aromatic rings. The third-order valence-electron chi connectivity index (χ3n) is 5.28. The lowest BCUT2D eigenvalue weighted by Gasteiger charge is -2.15. The van der Waals surface area contributed by atoms with E-state index in [1.807, 2.05) is 60.7 Å². The summed E-state index contributed by atoms with van der Waals surface area (Å²) in [4.78, 5) is 31.0. The third kappa shape index (κ3) is 3.35. The van der Waals surface area contributed by atoms with Crippen molar-refractivity contribution in [3.8, 4) is 5.69 Å². The van der Waals surface area contributed by atoms with Gasteiger partial charge in [0.1, 0.15) is 11.1 Å². The third-order valence-corrected chi connectivity index (χ3v) is 5.28. The average molecular weight is 421 g/mol. The Labute approximate surface area is 182 Å². The van der Waals surface area contributed by atoms with Crippen molar-refractivity contribution in [1.29, 1.82) is 5.41 Å². The summed E-state index contributed by atoms with van der Waals surface area (Å²) in [6.07, 6.45) is 1.64. The number of fused-ring (bicyclic) bond motifs is 2. The molecule has 0 atom stereocenters. The number of benzene rings is 2. The van der Waals surface area contributed by atoms with Gasteiger partial charge in [-0.2, -0.15) is 0 Å². The second-order valence-corrected chi connectivity index (χ2v) is 7.33. The van der Waals surface area contributed by atoms with Gasteiger partial charge < -0.3 is 5.32 Å². The minimum absolute atomic E-state index is 0.0403. The maximum Gasteiger partial charge on any atom is 0.267 e. The summed E-state index contributed by atoms with van der Waals surface area (Å²) in [5, 5.41) is 11.9. The van der Waals surface area contributed by atoms with Crippen molar-refractivity contribution in [2.24, 2.45) is 0 Å². The van der Waals surface area contributed by atoms with Gasteiger partial charge in [-0.1, -0.05) is 54.6 Å². The fraction of sp³-hybridized carbons (Fsp3) is 0.0400. The topological polar surface area (TPSA) is 92.2 Å². The largest absolute Gasteiger partial charge is 0.348 e. The predicted molar refractivity (Wildman–Crippen MR) is 122 cm³/mol. The van der Waals surface area contributed by atoms with Crippen LogP contribution in [0.15, 0.2) is 95.9 Å². The first-order valence-electron chi connectivity index (χ1n) is 10.1. The van der Waals surface area contributed by atoms with Gasteiger partial charge in [0.15, 0.2) is 5.65 Å². The quantitative estimate of drug-likeness (QED) is 0.437. The van der Waals surface area contributed by atoms with Crippen molar-refractivity contribution >= 4 is 22.6 Å². The van der Waals surface area contributed by atoms with E-state index in [-0.39, 0.29) is 22.0 Å². The molecular weight excluding hydrogens is 402 g/mol. The second kappa shape index (κ2) is 7.96. The first kappa shape index (κ1) is 19.4. The Hall–Kier alpha value is -4.52. The molecule has 7 heteroatoms. The molecule has 5 rings (SSSR count). The van der Waals surface area contributed by atoms with E-state index in [1.54, 1.807) is 29.0 Å². The summed E-state index contributed by atoms with van der Waals surface area (Å²) < 4.78 is 2.98. The molecule has 0 spiro atoms. The van der Waals surface area contributed by atoms with E-state index in [9.17, 15) is 9.59 Å². The lowest BCUT2D eigenvalue weighted by molar-refractivity contribution is 0.0949. The molecule has 0 radical (unpaired) electrons. The number of carbonyl (C=O) groups is 1. The minimum Gasteiger partial charge on any atom is -0.348 e. The van der Waals surface area contributed by atoms with Gasteiger partial charge in [-0.05, 0) is 35.9 Å². The van der Waals surface area contributed by atoms with Crippen molar-refractivity contribution in [2.45, 2.75) is 6.54 Å². The Morgan fingerprint density at radius 2 is 1.62 bits per heavy atom. The fourth-order valence-corrected chi connectivity index (χ4v) is 3.70. The SMILES string of the molecule is N=c1c(C(=O)NCc2ccccc2)cc2c(=O)n3ccccc3nc2n1-c1ccccc1. The van der Waals surface area contributed by atoms with Gasteiger partial charge in [-0.3, -0.25) is 24.0 Å². The number of pyridine rings is 2. The van der Waals surface area contributed by atoms with E-state index < -0.39 is 5.91 Å². The Morgan fingerprint density at radius 1 is 0.938 bits per heavy atom. The van der Waals surface area contributed by atoms with Crippen LogP contribution in [-0.2, 0) is 6.54 Å². The number of nitrogens with one attached hydrogen (secondary N) is 2. The normalized spacial score (nSPS) is 11.0. The van der Waals surface area contributed by atoms with Gasteiger partial charge in [0.05, 0.1) is 10.9 Å². The van der Waals surface area contributed by atoms with Crippen LogP contribution in [0.2, 0.25) is 0 Å². The lowest BCUT2D eigenvalue weighted by Crippen LogP contribution is -2.34. The minimum atomic E-state index is -0.428. The molecule has 0 aliphatic carbocycles. The molecule has 2 aromatic carbocycles. The van der Waals surface area contributed by atoms with Crippen molar-refractivity contribution in [3.63, 3.8) is 0 Å². The van der Waals surface area contributed by atoms with E-state index in [1.165, 1.54) is 10.5 Å². The molecule has 1 amide bonds. The number of para-hydroxylation sites is 1. The molecule has 0 fully saturated rings. The number of carbonyl (C=O) groups excluding carboxylic acids is 1. The fourth-order valence-electron chi connectivity index (χ4n) is 3.70. The lowest BCUT2D eigenvalue weighted by atomic mass is 10.1. The molecule has 156 valence electrons. The van der Waals surface area contributed by atoms with Crippen LogP contribution in [0.3, 0.4) is 0 Å². The van der Waals surface area contributed by atoms with E-state index in [0.717, 1.165) is 5.56 Å². The van der Waals surface area contributed by atoms with E-state index >= 15 is 0 Å². The molecule has 0 aliphatic heterocycles. The van der Waals surface area contributed by atoms with Crippen molar-refractivity contribution < 1.29 is 4.79 Å². The Kier molecular flexibility index (Phi) is 4.84. The number of aromatic nitrogens is 3. The van der Waals surface area contributed by atoms with Crippen LogP contribution in [0.5, 0.6) is 0 Å². The zero-order chi connectivity index (χ0) is 22.1. The summed E-state index contributed by atoms with van der Waals surface area (Å²) in [5.41, 5.74) is 2.15. The highest BCUT2D eigenvalue weighted by atomic mass is 16.1. The first-order valence-corrected chi connectivity index (χ1v) is 10.1. The van der Waals surface area contributed by atoms with Crippen LogP contribution in [0.1, 0.15) is 15.9 Å². The van der Waals surface area contributed by atoms with Crippen LogP contribution in [0, 0.1) is 5.41 Å². The zero-order valence-electron chi connectivity index (χ0n) is 17.0. The van der Waals surface area contributed by atoms with Gasteiger partial charge in [0, 0.05) is 18.4 Å². The van der Waals surface area contributed by atoms with E-state index in [0.29, 0.717) is 23.5 Å². The Bertz CT molecular complexity index is 1570. The summed E-state index contributed by atoms with van der Waals surface area (Å²) in [5.74, 6) is -0.428. The second-order valence-electron chi connectivity index (χ2n) is 7.33. The molecule has 32 heavy (non-hydrogen) atoms. The summed E-state index contributed by atoms with van der Waals surface area (Å²) in [7, 11) is 0. The molecule has 0 aliphatic rings. The molecule has 3 heterocycles. The number of rotatable bonds is 4. The van der Waals surface area contributed by atoms with Crippen molar-refractivity contribution in [2.75, 3.05) is 0 Å². The molecule has 2 N–H and O–H groups in total. The number of amides is 1. The highest BCUT2D eigenvalue weighted by molar-refractivity contribution is 5.97. The monoisotopic (exact) mass is 421 g/mol.